The number of benzene rings is 2. The summed E-state index contributed by atoms with van der Waals surface area (Å²) < 4.78 is 1.55. The van der Waals surface area contributed by atoms with E-state index in [9.17, 15) is 9.59 Å². The Labute approximate surface area is 152 Å². The molecular formula is C20H22N4O2. The number of rotatable bonds is 6. The summed E-state index contributed by atoms with van der Waals surface area (Å²) in [5.74, 6) is -0.149. The Kier molecular flexibility index (Phi) is 5.43. The normalized spacial score (nSPS) is 11.0. The number of aromatic nitrogens is 2. The summed E-state index contributed by atoms with van der Waals surface area (Å²) in [6.07, 6.45) is 1.25. The molecule has 0 aliphatic rings. The third-order valence-electron chi connectivity index (χ3n) is 4.07. The summed E-state index contributed by atoms with van der Waals surface area (Å²) in [6.45, 7) is 1.41. The number of hydrogen-bond acceptors (Lipinski definition) is 4. The topological polar surface area (TPSA) is 67.2 Å². The summed E-state index contributed by atoms with van der Waals surface area (Å²) in [5, 5.41) is 7.54. The lowest BCUT2D eigenvalue weighted by Gasteiger charge is -2.11. The molecule has 0 radical (unpaired) electrons. The lowest BCUT2D eigenvalue weighted by atomic mass is 10.1. The van der Waals surface area contributed by atoms with Crippen LogP contribution in [0.4, 0.5) is 0 Å². The maximum Gasteiger partial charge on any atom is 0.242 e. The second kappa shape index (κ2) is 7.93. The van der Waals surface area contributed by atoms with Crippen LogP contribution < -0.4 is 10.7 Å². The van der Waals surface area contributed by atoms with Gasteiger partial charge in [0, 0.05) is 18.5 Å². The van der Waals surface area contributed by atoms with Crippen LogP contribution in [0.1, 0.15) is 11.1 Å². The predicted molar refractivity (Wildman–Crippen MR) is 102 cm³/mol. The van der Waals surface area contributed by atoms with Crippen LogP contribution in [-0.4, -0.2) is 34.7 Å². The minimum absolute atomic E-state index is 0.0690. The highest BCUT2D eigenvalue weighted by molar-refractivity contribution is 5.81. The van der Waals surface area contributed by atoms with Gasteiger partial charge in [-0.15, -0.1) is 0 Å². The van der Waals surface area contributed by atoms with Crippen molar-refractivity contribution in [3.63, 3.8) is 0 Å². The number of hydrogen-bond donors (Lipinski definition) is 1. The molecule has 0 atom stereocenters. The highest BCUT2D eigenvalue weighted by Gasteiger charge is 2.08. The first-order chi connectivity index (χ1) is 12.5. The molecule has 26 heavy (non-hydrogen) atoms. The second-order valence-electron chi connectivity index (χ2n) is 6.51. The molecular weight excluding hydrogens is 328 g/mol. The van der Waals surface area contributed by atoms with E-state index in [1.807, 2.05) is 32.3 Å². The van der Waals surface area contributed by atoms with Crippen LogP contribution in [0.5, 0.6) is 0 Å². The van der Waals surface area contributed by atoms with E-state index in [0.717, 1.165) is 12.1 Å². The molecule has 1 aromatic heterocycles. The van der Waals surface area contributed by atoms with Crippen molar-refractivity contribution in [2.24, 2.45) is 0 Å². The van der Waals surface area contributed by atoms with Gasteiger partial charge in [0.2, 0.25) is 11.3 Å². The molecule has 3 aromatic rings. The van der Waals surface area contributed by atoms with E-state index < -0.39 is 0 Å². The molecule has 0 bridgehead atoms. The van der Waals surface area contributed by atoms with Gasteiger partial charge in [-0.2, -0.15) is 5.10 Å². The molecule has 0 aliphatic carbocycles. The Morgan fingerprint density at radius 3 is 2.50 bits per heavy atom. The maximum atomic E-state index is 12.3. The van der Waals surface area contributed by atoms with Crippen LogP contribution in [0, 0.1) is 0 Å². The number of fused-ring (bicyclic) bond motifs is 1. The van der Waals surface area contributed by atoms with E-state index in [4.69, 9.17) is 0 Å². The molecule has 6 nitrogen and oxygen atoms in total. The number of carbonyl (C=O) groups is 1. The van der Waals surface area contributed by atoms with Crippen molar-refractivity contribution in [3.05, 3.63) is 76.1 Å². The lowest BCUT2D eigenvalue weighted by molar-refractivity contribution is -0.121. The average molecular weight is 350 g/mol. The standard InChI is InChI=1S/C20H22N4O2/c1-23(2)13-16-9-7-15(8-10-16)11-21-20(26)14-24-18-6-4-3-5-17(18)19(25)12-22-24/h3-10,12H,11,13-14H2,1-2H3,(H,21,26). The van der Waals surface area contributed by atoms with Gasteiger partial charge in [-0.25, -0.2) is 0 Å². The van der Waals surface area contributed by atoms with Crippen molar-refractivity contribution in [2.75, 3.05) is 14.1 Å². The molecule has 0 spiro atoms. The Morgan fingerprint density at radius 1 is 1.08 bits per heavy atom. The molecule has 6 heteroatoms. The first-order valence-corrected chi connectivity index (χ1v) is 8.47. The molecule has 1 amide bonds. The summed E-state index contributed by atoms with van der Waals surface area (Å²) in [7, 11) is 4.06. The monoisotopic (exact) mass is 350 g/mol. The van der Waals surface area contributed by atoms with Crippen LogP contribution >= 0.6 is 0 Å². The Balaban J connectivity index is 1.63. The Bertz CT molecular complexity index is 961. The molecule has 2 aromatic carbocycles. The van der Waals surface area contributed by atoms with Gasteiger partial charge in [-0.05, 0) is 37.4 Å². The third-order valence-corrected chi connectivity index (χ3v) is 4.07. The van der Waals surface area contributed by atoms with Gasteiger partial charge in [0.1, 0.15) is 6.54 Å². The predicted octanol–water partition coefficient (Wildman–Crippen LogP) is 1.77. The van der Waals surface area contributed by atoms with Crippen molar-refractivity contribution in [1.82, 2.24) is 20.0 Å². The molecule has 0 aliphatic heterocycles. The van der Waals surface area contributed by atoms with E-state index in [1.165, 1.54) is 11.8 Å². The third kappa shape index (κ3) is 4.34. The van der Waals surface area contributed by atoms with Crippen LogP contribution in [0.25, 0.3) is 10.9 Å². The highest BCUT2D eigenvalue weighted by atomic mass is 16.2. The van der Waals surface area contributed by atoms with E-state index in [1.54, 1.807) is 22.9 Å². The van der Waals surface area contributed by atoms with Gasteiger partial charge in [0.15, 0.2) is 0 Å². The first kappa shape index (κ1) is 17.8. The minimum atomic E-state index is -0.149. The van der Waals surface area contributed by atoms with Gasteiger partial charge in [0.05, 0.1) is 11.7 Å². The maximum absolute atomic E-state index is 12.3. The SMILES string of the molecule is CN(C)Cc1ccc(CNC(=O)Cn2ncc(=O)c3ccccc32)cc1. The van der Waals surface area contributed by atoms with Crippen molar-refractivity contribution in [2.45, 2.75) is 19.6 Å². The van der Waals surface area contributed by atoms with Crippen LogP contribution in [0.15, 0.2) is 59.5 Å². The van der Waals surface area contributed by atoms with Gasteiger partial charge < -0.3 is 10.2 Å². The highest BCUT2D eigenvalue weighted by Crippen LogP contribution is 2.08. The Morgan fingerprint density at radius 2 is 1.77 bits per heavy atom. The molecule has 0 saturated carbocycles. The zero-order valence-corrected chi connectivity index (χ0v) is 15.0. The molecule has 1 heterocycles. The van der Waals surface area contributed by atoms with Crippen LogP contribution in [0.2, 0.25) is 0 Å². The smallest absolute Gasteiger partial charge is 0.242 e. The van der Waals surface area contributed by atoms with E-state index in [0.29, 0.717) is 17.4 Å². The first-order valence-electron chi connectivity index (χ1n) is 8.47. The number of nitrogens with one attached hydrogen (secondary N) is 1. The molecule has 0 unspecified atom stereocenters. The van der Waals surface area contributed by atoms with Crippen molar-refractivity contribution < 1.29 is 4.79 Å². The molecule has 0 saturated heterocycles. The van der Waals surface area contributed by atoms with Crippen molar-refractivity contribution in [3.8, 4) is 0 Å². The molecule has 3 rings (SSSR count). The van der Waals surface area contributed by atoms with Gasteiger partial charge in [-0.3, -0.25) is 14.3 Å². The van der Waals surface area contributed by atoms with Gasteiger partial charge in [0.25, 0.3) is 0 Å². The fourth-order valence-corrected chi connectivity index (χ4v) is 2.81. The lowest BCUT2D eigenvalue weighted by Crippen LogP contribution is -2.28. The number of nitrogens with zero attached hydrogens (tertiary/aromatic N) is 3. The molecule has 0 fully saturated rings. The fraction of sp³-hybridized carbons (Fsp3) is 0.250. The zero-order valence-electron chi connectivity index (χ0n) is 15.0. The Hall–Kier alpha value is -2.99. The number of carbonyl (C=O) groups excluding carboxylic acids is 1. The minimum Gasteiger partial charge on any atom is -0.350 e. The average Bonchev–Trinajstić information content (AvgIpc) is 2.63. The van der Waals surface area contributed by atoms with Gasteiger partial charge >= 0.3 is 0 Å². The summed E-state index contributed by atoms with van der Waals surface area (Å²) in [4.78, 5) is 26.2. The quantitative estimate of drug-likeness (QED) is 0.736. The second-order valence-corrected chi connectivity index (χ2v) is 6.51. The molecule has 134 valence electrons. The van der Waals surface area contributed by atoms with Crippen molar-refractivity contribution in [1.29, 1.82) is 0 Å². The number of para-hydroxylation sites is 1. The van der Waals surface area contributed by atoms with E-state index in [-0.39, 0.29) is 17.9 Å². The largest absolute Gasteiger partial charge is 0.350 e. The van der Waals surface area contributed by atoms with Crippen LogP contribution in [-0.2, 0) is 24.4 Å². The van der Waals surface area contributed by atoms with E-state index in [2.05, 4.69) is 27.4 Å². The number of amides is 1. The summed E-state index contributed by atoms with van der Waals surface area (Å²) in [6, 6.07) is 15.3. The summed E-state index contributed by atoms with van der Waals surface area (Å²) in [5.41, 5.74) is 2.78. The fourth-order valence-electron chi connectivity index (χ4n) is 2.81. The van der Waals surface area contributed by atoms with Crippen LogP contribution in [0.3, 0.4) is 0 Å². The van der Waals surface area contributed by atoms with E-state index >= 15 is 0 Å². The van der Waals surface area contributed by atoms with Gasteiger partial charge in [-0.1, -0.05) is 36.4 Å². The molecule has 1 N–H and O–H groups in total. The summed E-state index contributed by atoms with van der Waals surface area (Å²) >= 11 is 0. The zero-order chi connectivity index (χ0) is 18.5. The van der Waals surface area contributed by atoms with Crippen molar-refractivity contribution >= 4 is 16.8 Å².